The zero-order valence-corrected chi connectivity index (χ0v) is 25.8. The van der Waals surface area contributed by atoms with Crippen LogP contribution < -0.4 is 14.2 Å². The standard InChI is InChI=1S/C31H28N4O7S2/c1-37-21-12-24(22-14-26(42-25(22)13-21)23-15-32-29-35(23)34-30(39-3)44-29)41-16-20-17-43-28(33-20)31(8-10-40-11-9-31)19-6-4-18(5-7-19)27(36)38-2/h4-7,12-15,17H,8-11,16H2,1-3H3. The number of hydrogen-bond donors (Lipinski definition) is 0. The smallest absolute Gasteiger partial charge is 0.337 e. The fourth-order valence-corrected chi connectivity index (χ4v) is 7.28. The average Bonchev–Trinajstić information content (AvgIpc) is 3.87. The van der Waals surface area contributed by atoms with Crippen molar-refractivity contribution in [1.29, 1.82) is 0 Å². The van der Waals surface area contributed by atoms with E-state index in [9.17, 15) is 4.79 Å². The van der Waals surface area contributed by atoms with E-state index < -0.39 is 0 Å². The van der Waals surface area contributed by atoms with Gasteiger partial charge < -0.3 is 28.1 Å². The first-order valence-corrected chi connectivity index (χ1v) is 15.6. The molecule has 0 saturated carbocycles. The molecule has 1 fully saturated rings. The van der Waals surface area contributed by atoms with Gasteiger partial charge in [-0.05, 0) is 47.9 Å². The van der Waals surface area contributed by atoms with Crippen molar-refractivity contribution < 1.29 is 32.9 Å². The Morgan fingerprint density at radius 1 is 1.07 bits per heavy atom. The molecule has 5 heterocycles. The Hall–Kier alpha value is -4.46. The lowest BCUT2D eigenvalue weighted by atomic mass is 9.74. The highest BCUT2D eigenvalue weighted by Gasteiger charge is 2.39. The summed E-state index contributed by atoms with van der Waals surface area (Å²) in [7, 11) is 4.57. The quantitative estimate of drug-likeness (QED) is 0.172. The van der Waals surface area contributed by atoms with Gasteiger partial charge >= 0.3 is 5.97 Å². The van der Waals surface area contributed by atoms with E-state index >= 15 is 0 Å². The molecule has 1 aliphatic rings. The zero-order valence-electron chi connectivity index (χ0n) is 24.2. The summed E-state index contributed by atoms with van der Waals surface area (Å²) in [4.78, 5) is 22.2. The molecule has 13 heteroatoms. The average molecular weight is 633 g/mol. The van der Waals surface area contributed by atoms with Crippen molar-refractivity contribution in [2.75, 3.05) is 34.5 Å². The van der Waals surface area contributed by atoms with Gasteiger partial charge in [0.05, 0.1) is 49.6 Å². The monoisotopic (exact) mass is 632 g/mol. The molecule has 44 heavy (non-hydrogen) atoms. The number of rotatable bonds is 9. The van der Waals surface area contributed by atoms with Gasteiger partial charge in [0.25, 0.3) is 5.19 Å². The van der Waals surface area contributed by atoms with Crippen LogP contribution in [-0.2, 0) is 21.5 Å². The molecule has 0 unspecified atom stereocenters. The molecular formula is C31H28N4O7S2. The summed E-state index contributed by atoms with van der Waals surface area (Å²) in [5.41, 5.74) is 3.43. The number of carbonyl (C=O) groups is 1. The van der Waals surface area contributed by atoms with Crippen LogP contribution in [0.3, 0.4) is 0 Å². The van der Waals surface area contributed by atoms with E-state index in [1.807, 2.05) is 47.8 Å². The number of imidazole rings is 1. The Bertz CT molecular complexity index is 1950. The second-order valence-electron chi connectivity index (χ2n) is 10.3. The second kappa shape index (κ2) is 11.6. The largest absolute Gasteiger partial charge is 0.496 e. The van der Waals surface area contributed by atoms with Gasteiger partial charge in [-0.25, -0.2) is 14.8 Å². The van der Waals surface area contributed by atoms with Gasteiger partial charge in [-0.15, -0.1) is 16.4 Å². The predicted octanol–water partition coefficient (Wildman–Crippen LogP) is 6.14. The highest BCUT2D eigenvalue weighted by atomic mass is 32.1. The van der Waals surface area contributed by atoms with E-state index in [2.05, 4.69) is 10.1 Å². The van der Waals surface area contributed by atoms with Crippen molar-refractivity contribution in [3.63, 3.8) is 0 Å². The number of furan rings is 1. The summed E-state index contributed by atoms with van der Waals surface area (Å²) in [5.74, 6) is 1.45. The number of methoxy groups -OCH3 is 3. The third kappa shape index (κ3) is 4.96. The van der Waals surface area contributed by atoms with E-state index in [0.717, 1.165) is 34.5 Å². The van der Waals surface area contributed by atoms with E-state index in [1.165, 1.54) is 18.4 Å². The maximum Gasteiger partial charge on any atom is 0.337 e. The van der Waals surface area contributed by atoms with Gasteiger partial charge in [0.15, 0.2) is 5.76 Å². The fourth-order valence-electron chi connectivity index (χ4n) is 5.51. The number of ether oxygens (including phenoxy) is 5. The molecule has 0 amide bonds. The summed E-state index contributed by atoms with van der Waals surface area (Å²) in [5, 5.41) is 8.79. The van der Waals surface area contributed by atoms with Crippen molar-refractivity contribution in [3.05, 3.63) is 75.9 Å². The summed E-state index contributed by atoms with van der Waals surface area (Å²) in [6.45, 7) is 1.52. The minimum Gasteiger partial charge on any atom is -0.496 e. The molecule has 7 rings (SSSR count). The maximum atomic E-state index is 12.0. The van der Waals surface area contributed by atoms with E-state index in [0.29, 0.717) is 57.5 Å². The Morgan fingerprint density at radius 2 is 1.89 bits per heavy atom. The summed E-state index contributed by atoms with van der Waals surface area (Å²) < 4.78 is 35.7. The van der Waals surface area contributed by atoms with Crippen molar-refractivity contribution in [2.24, 2.45) is 0 Å². The lowest BCUT2D eigenvalue weighted by Crippen LogP contribution is -2.35. The fraction of sp³-hybridized carbons (Fsp3) is 0.290. The maximum absolute atomic E-state index is 12.0. The van der Waals surface area contributed by atoms with Crippen LogP contribution in [0.2, 0.25) is 0 Å². The highest BCUT2D eigenvalue weighted by molar-refractivity contribution is 7.18. The summed E-state index contributed by atoms with van der Waals surface area (Å²) >= 11 is 2.96. The van der Waals surface area contributed by atoms with Crippen molar-refractivity contribution in [1.82, 2.24) is 19.6 Å². The lowest BCUT2D eigenvalue weighted by Gasteiger charge is -2.36. The van der Waals surface area contributed by atoms with Gasteiger partial charge in [-0.1, -0.05) is 12.1 Å². The Labute approximate surface area is 259 Å². The number of carbonyl (C=O) groups excluding carboxylic acids is 1. The Morgan fingerprint density at radius 3 is 2.64 bits per heavy atom. The topological polar surface area (TPSA) is 119 Å². The number of esters is 1. The molecule has 1 aliphatic heterocycles. The number of fused-ring (bicyclic) bond motifs is 2. The third-order valence-corrected chi connectivity index (χ3v) is 9.82. The van der Waals surface area contributed by atoms with Gasteiger partial charge in [0.2, 0.25) is 4.96 Å². The zero-order chi connectivity index (χ0) is 30.3. The predicted molar refractivity (Wildman–Crippen MR) is 164 cm³/mol. The first kappa shape index (κ1) is 28.3. The lowest BCUT2D eigenvalue weighted by molar-refractivity contribution is 0.0597. The number of thiazole rings is 1. The molecule has 1 saturated heterocycles. The molecule has 0 atom stereocenters. The van der Waals surface area contributed by atoms with Crippen LogP contribution in [-0.4, -0.2) is 60.1 Å². The molecule has 226 valence electrons. The van der Waals surface area contributed by atoms with E-state index in [-0.39, 0.29) is 18.0 Å². The number of aromatic nitrogens is 4. The molecule has 4 aromatic heterocycles. The van der Waals surface area contributed by atoms with Crippen LogP contribution in [0.25, 0.3) is 27.4 Å². The molecule has 0 N–H and O–H groups in total. The van der Waals surface area contributed by atoms with Gasteiger partial charge in [-0.3, -0.25) is 0 Å². The molecule has 0 spiro atoms. The first-order chi connectivity index (χ1) is 21.5. The van der Waals surface area contributed by atoms with Crippen LogP contribution in [0.1, 0.15) is 39.5 Å². The SMILES string of the molecule is COC(=O)c1ccc(C2(c3nc(COc4cc(OC)cc5oc(-c6cnc7sc(OC)nn67)cc45)cs3)CCOCC2)cc1. The molecular weight excluding hydrogens is 604 g/mol. The van der Waals surface area contributed by atoms with E-state index in [1.54, 1.807) is 36.3 Å². The van der Waals surface area contributed by atoms with Gasteiger partial charge in [-0.2, -0.15) is 4.52 Å². The third-order valence-electron chi connectivity index (χ3n) is 7.84. The number of benzene rings is 2. The number of nitrogens with zero attached hydrogens (tertiary/aromatic N) is 4. The van der Waals surface area contributed by atoms with Crippen LogP contribution in [0.5, 0.6) is 16.7 Å². The second-order valence-corrected chi connectivity index (χ2v) is 12.0. The van der Waals surface area contributed by atoms with Crippen molar-refractivity contribution >= 4 is 44.6 Å². The molecule has 11 nitrogen and oxygen atoms in total. The van der Waals surface area contributed by atoms with Crippen LogP contribution in [0, 0.1) is 0 Å². The molecule has 0 bridgehead atoms. The van der Waals surface area contributed by atoms with E-state index in [4.69, 9.17) is 33.1 Å². The molecule has 2 aromatic carbocycles. The first-order valence-electron chi connectivity index (χ1n) is 13.9. The number of hydrogen-bond acceptors (Lipinski definition) is 12. The summed E-state index contributed by atoms with van der Waals surface area (Å²) in [6, 6.07) is 13.2. The van der Waals surface area contributed by atoms with Crippen molar-refractivity contribution in [2.45, 2.75) is 24.9 Å². The highest BCUT2D eigenvalue weighted by Crippen LogP contribution is 2.43. The van der Waals surface area contributed by atoms with Gasteiger partial charge in [0.1, 0.15) is 34.4 Å². The molecule has 0 radical (unpaired) electrons. The molecule has 6 aromatic rings. The summed E-state index contributed by atoms with van der Waals surface area (Å²) in [6.07, 6.45) is 3.30. The Kier molecular flexibility index (Phi) is 7.44. The van der Waals surface area contributed by atoms with Crippen LogP contribution in [0.4, 0.5) is 0 Å². The normalized spacial score (nSPS) is 14.6. The van der Waals surface area contributed by atoms with Crippen molar-refractivity contribution in [3.8, 4) is 28.1 Å². The molecule has 0 aliphatic carbocycles. The van der Waals surface area contributed by atoms with Gasteiger partial charge in [0, 0.05) is 30.7 Å². The van der Waals surface area contributed by atoms with Crippen LogP contribution in [0.15, 0.2) is 58.5 Å². The minimum absolute atomic E-state index is 0.257. The Balaban J connectivity index is 1.17. The van der Waals surface area contributed by atoms with Crippen LogP contribution >= 0.6 is 22.7 Å². The minimum atomic E-state index is -0.357.